The van der Waals surface area contributed by atoms with E-state index in [9.17, 15) is 4.79 Å². The van der Waals surface area contributed by atoms with Crippen LogP contribution in [0, 0.1) is 6.92 Å². The first-order chi connectivity index (χ1) is 11.7. The number of carbonyl (C=O) groups excluding carboxylic acids is 1. The predicted octanol–water partition coefficient (Wildman–Crippen LogP) is 3.72. The SMILES string of the molecule is Cc1csc([C@@H]2CCCN(C(=O)[C@@H]3CCOc4ccccc43)C2)n1. The smallest absolute Gasteiger partial charge is 0.230 e. The molecule has 4 rings (SSSR count). The van der Waals surface area contributed by atoms with Crippen molar-refractivity contribution in [3.05, 3.63) is 45.9 Å². The molecule has 2 aliphatic rings. The Morgan fingerprint density at radius 2 is 2.21 bits per heavy atom. The van der Waals surface area contributed by atoms with Crippen molar-refractivity contribution in [2.75, 3.05) is 19.7 Å². The van der Waals surface area contributed by atoms with Crippen LogP contribution in [-0.4, -0.2) is 35.5 Å². The van der Waals surface area contributed by atoms with Crippen LogP contribution in [0.5, 0.6) is 5.75 Å². The number of nitrogens with zero attached hydrogens (tertiary/aromatic N) is 2. The predicted molar refractivity (Wildman–Crippen MR) is 94.7 cm³/mol. The van der Waals surface area contributed by atoms with Crippen molar-refractivity contribution in [1.29, 1.82) is 0 Å². The zero-order valence-electron chi connectivity index (χ0n) is 13.9. The van der Waals surface area contributed by atoms with Crippen LogP contribution in [0.1, 0.15) is 47.4 Å². The fraction of sp³-hybridized carbons (Fsp3) is 0.474. The van der Waals surface area contributed by atoms with Gasteiger partial charge in [0.1, 0.15) is 5.75 Å². The van der Waals surface area contributed by atoms with E-state index in [4.69, 9.17) is 4.74 Å². The van der Waals surface area contributed by atoms with Gasteiger partial charge >= 0.3 is 0 Å². The number of thiazole rings is 1. The van der Waals surface area contributed by atoms with Gasteiger partial charge in [-0.25, -0.2) is 4.98 Å². The maximum Gasteiger partial charge on any atom is 0.230 e. The highest BCUT2D eigenvalue weighted by molar-refractivity contribution is 7.09. The molecule has 0 saturated carbocycles. The van der Waals surface area contributed by atoms with Gasteiger partial charge in [0, 0.05) is 35.6 Å². The lowest BCUT2D eigenvalue weighted by molar-refractivity contribution is -0.134. The number of amides is 1. The van der Waals surface area contributed by atoms with Crippen molar-refractivity contribution in [2.45, 2.75) is 38.0 Å². The number of hydrogen-bond donors (Lipinski definition) is 0. The molecule has 0 radical (unpaired) electrons. The number of rotatable bonds is 2. The second-order valence-corrected chi connectivity index (χ2v) is 7.57. The van der Waals surface area contributed by atoms with Crippen LogP contribution in [0.4, 0.5) is 0 Å². The normalized spacial score (nSPS) is 23.5. The van der Waals surface area contributed by atoms with E-state index in [1.807, 2.05) is 31.2 Å². The summed E-state index contributed by atoms with van der Waals surface area (Å²) in [6, 6.07) is 7.95. The number of fused-ring (bicyclic) bond motifs is 1. The molecule has 3 heterocycles. The Kier molecular flexibility index (Phi) is 4.27. The summed E-state index contributed by atoms with van der Waals surface area (Å²) in [6.07, 6.45) is 2.95. The molecule has 1 fully saturated rings. The minimum Gasteiger partial charge on any atom is -0.493 e. The quantitative estimate of drug-likeness (QED) is 0.835. The third-order valence-corrected chi connectivity index (χ3v) is 6.10. The summed E-state index contributed by atoms with van der Waals surface area (Å²) in [6.45, 7) is 4.31. The number of ether oxygens (including phenoxy) is 1. The maximum atomic E-state index is 13.2. The van der Waals surface area contributed by atoms with Crippen LogP contribution in [0.15, 0.2) is 29.6 Å². The van der Waals surface area contributed by atoms with Crippen LogP contribution >= 0.6 is 11.3 Å². The first kappa shape index (κ1) is 15.6. The zero-order chi connectivity index (χ0) is 16.5. The number of carbonyl (C=O) groups is 1. The molecule has 2 aromatic rings. The Hall–Kier alpha value is -1.88. The molecule has 0 unspecified atom stereocenters. The molecule has 2 atom stereocenters. The van der Waals surface area contributed by atoms with Crippen molar-refractivity contribution >= 4 is 17.2 Å². The fourth-order valence-electron chi connectivity index (χ4n) is 3.76. The second-order valence-electron chi connectivity index (χ2n) is 6.68. The highest BCUT2D eigenvalue weighted by atomic mass is 32.1. The molecule has 0 N–H and O–H groups in total. The van der Waals surface area contributed by atoms with Gasteiger partial charge in [-0.2, -0.15) is 0 Å². The standard InChI is InChI=1S/C19H22N2O2S/c1-13-12-24-18(20-13)14-5-4-9-21(11-14)19(22)16-8-10-23-17-7-3-2-6-15(16)17/h2-3,6-7,12,14,16H,4-5,8-11H2,1H3/t14-,16-/m1/s1. The number of piperidine rings is 1. The summed E-state index contributed by atoms with van der Waals surface area (Å²) in [5.41, 5.74) is 2.12. The molecule has 5 heteroatoms. The van der Waals surface area contributed by atoms with Crippen LogP contribution in [0.25, 0.3) is 0 Å². The highest BCUT2D eigenvalue weighted by Gasteiger charge is 2.34. The Balaban J connectivity index is 1.52. The fourth-order valence-corrected chi connectivity index (χ4v) is 4.68. The molecular formula is C19H22N2O2S. The maximum absolute atomic E-state index is 13.2. The summed E-state index contributed by atoms with van der Waals surface area (Å²) in [4.78, 5) is 19.8. The van der Waals surface area contributed by atoms with E-state index in [1.165, 1.54) is 5.01 Å². The molecule has 126 valence electrons. The molecule has 1 aromatic heterocycles. The van der Waals surface area contributed by atoms with E-state index in [2.05, 4.69) is 15.3 Å². The van der Waals surface area contributed by atoms with Gasteiger partial charge in [0.15, 0.2) is 0 Å². The average molecular weight is 342 g/mol. The van der Waals surface area contributed by atoms with Gasteiger partial charge in [0.2, 0.25) is 5.91 Å². The van der Waals surface area contributed by atoms with Crippen LogP contribution in [0.2, 0.25) is 0 Å². The Morgan fingerprint density at radius 3 is 3.04 bits per heavy atom. The Bertz CT molecular complexity index is 742. The minimum absolute atomic E-state index is 0.0632. The van der Waals surface area contributed by atoms with E-state index in [1.54, 1.807) is 11.3 Å². The molecule has 1 aromatic carbocycles. The van der Waals surface area contributed by atoms with Gasteiger partial charge < -0.3 is 9.64 Å². The van der Waals surface area contributed by atoms with Crippen molar-refractivity contribution in [1.82, 2.24) is 9.88 Å². The van der Waals surface area contributed by atoms with Crippen LogP contribution < -0.4 is 4.74 Å². The largest absolute Gasteiger partial charge is 0.493 e. The summed E-state index contributed by atoms with van der Waals surface area (Å²) in [7, 11) is 0. The van der Waals surface area contributed by atoms with Gasteiger partial charge in [0.05, 0.1) is 17.5 Å². The molecule has 4 nitrogen and oxygen atoms in total. The zero-order valence-corrected chi connectivity index (χ0v) is 14.7. The van der Waals surface area contributed by atoms with Gasteiger partial charge in [-0.15, -0.1) is 11.3 Å². The van der Waals surface area contributed by atoms with Crippen molar-refractivity contribution < 1.29 is 9.53 Å². The first-order valence-corrected chi connectivity index (χ1v) is 9.53. The molecule has 1 saturated heterocycles. The minimum atomic E-state index is -0.0632. The van der Waals surface area contributed by atoms with Gasteiger partial charge in [0.25, 0.3) is 0 Å². The molecule has 0 aliphatic carbocycles. The van der Waals surface area contributed by atoms with Crippen LogP contribution in [0.3, 0.4) is 0 Å². The molecular weight excluding hydrogens is 320 g/mol. The molecule has 0 bridgehead atoms. The lowest BCUT2D eigenvalue weighted by Gasteiger charge is -2.35. The second kappa shape index (κ2) is 6.55. The topological polar surface area (TPSA) is 42.4 Å². The lowest BCUT2D eigenvalue weighted by Crippen LogP contribution is -2.42. The Morgan fingerprint density at radius 1 is 1.33 bits per heavy atom. The van der Waals surface area contributed by atoms with Gasteiger partial charge in [-0.1, -0.05) is 18.2 Å². The van der Waals surface area contributed by atoms with E-state index in [-0.39, 0.29) is 11.8 Å². The summed E-state index contributed by atoms with van der Waals surface area (Å²) < 4.78 is 5.71. The average Bonchev–Trinajstić information content (AvgIpc) is 3.07. The first-order valence-electron chi connectivity index (χ1n) is 8.65. The van der Waals surface area contributed by atoms with Crippen LogP contribution in [-0.2, 0) is 4.79 Å². The molecule has 24 heavy (non-hydrogen) atoms. The van der Waals surface area contributed by atoms with E-state index < -0.39 is 0 Å². The monoisotopic (exact) mass is 342 g/mol. The number of likely N-dealkylation sites (tertiary alicyclic amines) is 1. The lowest BCUT2D eigenvalue weighted by atomic mass is 9.90. The summed E-state index contributed by atoms with van der Waals surface area (Å²) in [5.74, 6) is 1.44. The van der Waals surface area contributed by atoms with E-state index >= 15 is 0 Å². The number of benzene rings is 1. The summed E-state index contributed by atoms with van der Waals surface area (Å²) in [5, 5.41) is 3.28. The van der Waals surface area contributed by atoms with Gasteiger partial charge in [-0.05, 0) is 32.3 Å². The third-order valence-electron chi connectivity index (χ3n) is 4.98. The van der Waals surface area contributed by atoms with E-state index in [0.717, 1.165) is 49.4 Å². The number of para-hydroxylation sites is 1. The third kappa shape index (κ3) is 2.93. The number of aromatic nitrogens is 1. The van der Waals surface area contributed by atoms with Gasteiger partial charge in [-0.3, -0.25) is 4.79 Å². The molecule has 0 spiro atoms. The number of aryl methyl sites for hydroxylation is 1. The highest BCUT2D eigenvalue weighted by Crippen LogP contribution is 2.36. The summed E-state index contributed by atoms with van der Waals surface area (Å²) >= 11 is 1.72. The Labute approximate surface area is 146 Å². The van der Waals surface area contributed by atoms with Crippen molar-refractivity contribution in [3.8, 4) is 5.75 Å². The van der Waals surface area contributed by atoms with Crippen molar-refractivity contribution in [3.63, 3.8) is 0 Å². The van der Waals surface area contributed by atoms with Crippen molar-refractivity contribution in [2.24, 2.45) is 0 Å². The van der Waals surface area contributed by atoms with E-state index in [0.29, 0.717) is 12.5 Å². The molecule has 1 amide bonds. The molecule has 2 aliphatic heterocycles. The number of hydrogen-bond acceptors (Lipinski definition) is 4.